The summed E-state index contributed by atoms with van der Waals surface area (Å²) >= 11 is 0. The highest BCUT2D eigenvalue weighted by Gasteiger charge is 2.29. The summed E-state index contributed by atoms with van der Waals surface area (Å²) < 4.78 is 6.02. The van der Waals surface area contributed by atoms with Gasteiger partial charge >= 0.3 is 0 Å². The van der Waals surface area contributed by atoms with Crippen molar-refractivity contribution in [3.8, 4) is 0 Å². The Kier molecular flexibility index (Phi) is 6.71. The number of rotatable bonds is 6. The molecular formula is C22H34N2O2. The van der Waals surface area contributed by atoms with E-state index >= 15 is 0 Å². The first-order valence-corrected chi connectivity index (χ1v) is 10.3. The molecule has 0 aromatic heterocycles. The number of hydrogen-bond acceptors (Lipinski definition) is 3. The summed E-state index contributed by atoms with van der Waals surface area (Å²) in [6.07, 6.45) is 7.38. The molecule has 1 aliphatic carbocycles. The average Bonchev–Trinajstić information content (AvgIpc) is 3.18. The van der Waals surface area contributed by atoms with Crippen LogP contribution in [-0.2, 0) is 16.1 Å². The number of carbonyl (C=O) groups excluding carboxylic acids is 1. The third-order valence-electron chi connectivity index (χ3n) is 6.17. The van der Waals surface area contributed by atoms with Crippen molar-refractivity contribution in [3.63, 3.8) is 0 Å². The van der Waals surface area contributed by atoms with Crippen molar-refractivity contribution in [2.45, 2.75) is 77.1 Å². The predicted molar refractivity (Wildman–Crippen MR) is 105 cm³/mol. The van der Waals surface area contributed by atoms with Crippen LogP contribution in [0.5, 0.6) is 0 Å². The number of amides is 1. The zero-order chi connectivity index (χ0) is 18.5. The first kappa shape index (κ1) is 19.4. The van der Waals surface area contributed by atoms with Gasteiger partial charge in [-0.1, -0.05) is 37.1 Å². The van der Waals surface area contributed by atoms with Gasteiger partial charge in [0.05, 0.1) is 6.10 Å². The molecule has 1 aromatic rings. The van der Waals surface area contributed by atoms with E-state index in [-0.39, 0.29) is 12.0 Å². The van der Waals surface area contributed by atoms with Gasteiger partial charge in [0, 0.05) is 38.7 Å². The van der Waals surface area contributed by atoms with Crippen molar-refractivity contribution in [3.05, 3.63) is 35.4 Å². The molecule has 1 saturated carbocycles. The molecule has 0 N–H and O–H groups in total. The molecule has 0 spiro atoms. The van der Waals surface area contributed by atoms with Crippen molar-refractivity contribution in [1.82, 2.24) is 9.80 Å². The fraction of sp³-hybridized carbons (Fsp3) is 0.682. The number of carbonyl (C=O) groups is 1. The molecule has 2 atom stereocenters. The average molecular weight is 359 g/mol. The standard InChI is InChI=1S/C22H34N2O2/c1-4-24(17(2)25)21-13-14-26-22(15-21)19-11-9-18(10-12-19)16-23(3)20-7-5-6-8-20/h9-12,20-22H,4-8,13-16H2,1-3H3/t21-,22+/m1/s1. The van der Waals surface area contributed by atoms with Crippen LogP contribution < -0.4 is 0 Å². The lowest BCUT2D eigenvalue weighted by molar-refractivity contribution is -0.134. The molecule has 1 heterocycles. The summed E-state index contributed by atoms with van der Waals surface area (Å²) in [6, 6.07) is 9.98. The van der Waals surface area contributed by atoms with Gasteiger partial charge in [0.2, 0.25) is 5.91 Å². The molecule has 144 valence electrons. The number of hydrogen-bond donors (Lipinski definition) is 0. The van der Waals surface area contributed by atoms with Gasteiger partial charge < -0.3 is 9.64 Å². The largest absolute Gasteiger partial charge is 0.373 e. The highest BCUT2D eigenvalue weighted by Crippen LogP contribution is 2.31. The molecule has 26 heavy (non-hydrogen) atoms. The van der Waals surface area contributed by atoms with E-state index in [9.17, 15) is 4.79 Å². The molecule has 4 heteroatoms. The SMILES string of the molecule is CCN(C(C)=O)[C@@H]1CCO[C@H](c2ccc(CN(C)C3CCCC3)cc2)C1. The van der Waals surface area contributed by atoms with Crippen molar-refractivity contribution >= 4 is 5.91 Å². The van der Waals surface area contributed by atoms with Gasteiger partial charge in [-0.15, -0.1) is 0 Å². The minimum atomic E-state index is 0.101. The molecule has 1 aromatic carbocycles. The maximum Gasteiger partial charge on any atom is 0.219 e. The first-order chi connectivity index (χ1) is 12.6. The third-order valence-corrected chi connectivity index (χ3v) is 6.17. The molecule has 4 nitrogen and oxygen atoms in total. The van der Waals surface area contributed by atoms with E-state index in [1.54, 1.807) is 6.92 Å². The van der Waals surface area contributed by atoms with Gasteiger partial charge in [-0.3, -0.25) is 9.69 Å². The summed E-state index contributed by atoms with van der Waals surface area (Å²) in [5, 5.41) is 0. The van der Waals surface area contributed by atoms with Crippen LogP contribution >= 0.6 is 0 Å². The van der Waals surface area contributed by atoms with Crippen LogP contribution in [0.3, 0.4) is 0 Å². The van der Waals surface area contributed by atoms with Gasteiger partial charge in [0.1, 0.15) is 0 Å². The summed E-state index contributed by atoms with van der Waals surface area (Å²) in [4.78, 5) is 16.3. The fourth-order valence-electron chi connectivity index (χ4n) is 4.63. The summed E-state index contributed by atoms with van der Waals surface area (Å²) in [6.45, 7) is 6.25. The summed E-state index contributed by atoms with van der Waals surface area (Å²) in [5.41, 5.74) is 2.61. The summed E-state index contributed by atoms with van der Waals surface area (Å²) in [7, 11) is 2.25. The number of nitrogens with zero attached hydrogens (tertiary/aromatic N) is 2. The summed E-state index contributed by atoms with van der Waals surface area (Å²) in [5.74, 6) is 0.170. The first-order valence-electron chi connectivity index (χ1n) is 10.3. The lowest BCUT2D eigenvalue weighted by atomic mass is 9.95. The van der Waals surface area contributed by atoms with E-state index < -0.39 is 0 Å². The zero-order valence-corrected chi connectivity index (χ0v) is 16.6. The molecule has 0 bridgehead atoms. The van der Waals surface area contributed by atoms with Gasteiger partial charge in [0.15, 0.2) is 0 Å². The molecule has 2 aliphatic rings. The lowest BCUT2D eigenvalue weighted by Crippen LogP contribution is -2.42. The van der Waals surface area contributed by atoms with Crippen LogP contribution in [0.2, 0.25) is 0 Å². The minimum absolute atomic E-state index is 0.101. The Bertz CT molecular complexity index is 580. The van der Waals surface area contributed by atoms with Gasteiger partial charge in [0.25, 0.3) is 0 Å². The van der Waals surface area contributed by atoms with Crippen LogP contribution in [0, 0.1) is 0 Å². The predicted octanol–water partition coefficient (Wildman–Crippen LogP) is 4.15. The maximum absolute atomic E-state index is 11.9. The highest BCUT2D eigenvalue weighted by molar-refractivity contribution is 5.73. The van der Waals surface area contributed by atoms with Crippen LogP contribution in [0.4, 0.5) is 0 Å². The Morgan fingerprint density at radius 1 is 1.12 bits per heavy atom. The molecule has 0 unspecified atom stereocenters. The molecule has 1 aliphatic heterocycles. The van der Waals surface area contributed by atoms with E-state index in [1.807, 2.05) is 4.90 Å². The zero-order valence-electron chi connectivity index (χ0n) is 16.6. The van der Waals surface area contributed by atoms with Gasteiger partial charge in [-0.05, 0) is 50.8 Å². The molecule has 0 radical (unpaired) electrons. The van der Waals surface area contributed by atoms with E-state index in [1.165, 1.54) is 36.8 Å². The quantitative estimate of drug-likeness (QED) is 0.766. The second kappa shape index (κ2) is 9.01. The minimum Gasteiger partial charge on any atom is -0.373 e. The Hall–Kier alpha value is -1.39. The van der Waals surface area contributed by atoms with E-state index in [0.717, 1.165) is 38.6 Å². The fourth-order valence-corrected chi connectivity index (χ4v) is 4.63. The normalized spacial score (nSPS) is 24.2. The Labute approximate surface area is 158 Å². The van der Waals surface area contributed by atoms with Crippen molar-refractivity contribution in [1.29, 1.82) is 0 Å². The van der Waals surface area contributed by atoms with Crippen molar-refractivity contribution in [2.24, 2.45) is 0 Å². The molecule has 1 saturated heterocycles. The van der Waals surface area contributed by atoms with Crippen LogP contribution in [0.25, 0.3) is 0 Å². The molecule has 1 amide bonds. The van der Waals surface area contributed by atoms with Crippen LogP contribution in [0.1, 0.15) is 69.6 Å². The van der Waals surface area contributed by atoms with Crippen LogP contribution in [0.15, 0.2) is 24.3 Å². The second-order valence-electron chi connectivity index (χ2n) is 7.94. The van der Waals surface area contributed by atoms with Gasteiger partial charge in [-0.2, -0.15) is 0 Å². The van der Waals surface area contributed by atoms with Gasteiger partial charge in [-0.25, -0.2) is 0 Å². The van der Waals surface area contributed by atoms with E-state index in [0.29, 0.717) is 6.04 Å². The van der Waals surface area contributed by atoms with Crippen molar-refractivity contribution < 1.29 is 9.53 Å². The maximum atomic E-state index is 11.9. The van der Waals surface area contributed by atoms with E-state index in [4.69, 9.17) is 4.74 Å². The molecular weight excluding hydrogens is 324 g/mol. The number of benzene rings is 1. The molecule has 3 rings (SSSR count). The van der Waals surface area contributed by atoms with Crippen molar-refractivity contribution in [2.75, 3.05) is 20.2 Å². The third kappa shape index (κ3) is 4.66. The Balaban J connectivity index is 1.59. The lowest BCUT2D eigenvalue weighted by Gasteiger charge is -2.37. The Morgan fingerprint density at radius 2 is 1.81 bits per heavy atom. The monoisotopic (exact) mass is 358 g/mol. The highest BCUT2D eigenvalue weighted by atomic mass is 16.5. The Morgan fingerprint density at radius 3 is 2.42 bits per heavy atom. The second-order valence-corrected chi connectivity index (χ2v) is 7.94. The van der Waals surface area contributed by atoms with Crippen LogP contribution in [-0.4, -0.2) is 48.0 Å². The van der Waals surface area contributed by atoms with E-state index in [2.05, 4.69) is 43.1 Å². The molecule has 2 fully saturated rings. The topological polar surface area (TPSA) is 32.8 Å². The number of ether oxygens (including phenoxy) is 1. The smallest absolute Gasteiger partial charge is 0.219 e.